The van der Waals surface area contributed by atoms with Crippen LogP contribution in [0.5, 0.6) is 17.2 Å². The molecule has 0 radical (unpaired) electrons. The summed E-state index contributed by atoms with van der Waals surface area (Å²) in [5.41, 5.74) is 0.930. The minimum Gasteiger partial charge on any atom is -0.493 e. The lowest BCUT2D eigenvalue weighted by Gasteiger charge is -2.17. The van der Waals surface area contributed by atoms with Gasteiger partial charge in [-0.15, -0.1) is 0 Å². The highest BCUT2D eigenvalue weighted by Gasteiger charge is 2.15. The van der Waals surface area contributed by atoms with Crippen molar-refractivity contribution < 1.29 is 23.7 Å². The van der Waals surface area contributed by atoms with Gasteiger partial charge in [0.25, 0.3) is 0 Å². The van der Waals surface area contributed by atoms with Crippen molar-refractivity contribution in [3.8, 4) is 17.2 Å². The second kappa shape index (κ2) is 9.15. The maximum Gasteiger partial charge on any atom is 0.305 e. The number of hydrogen-bond donors (Lipinski definition) is 0. The average molecular weight is 311 g/mol. The van der Waals surface area contributed by atoms with Gasteiger partial charge in [-0.25, -0.2) is 0 Å². The molecule has 1 rings (SSSR count). The first kappa shape index (κ1) is 18.1. The van der Waals surface area contributed by atoms with Gasteiger partial charge < -0.3 is 23.8 Å². The van der Waals surface area contributed by atoms with Crippen LogP contribution in [0, 0.1) is 0 Å². The van der Waals surface area contributed by atoms with E-state index in [1.165, 1.54) is 7.11 Å². The number of likely N-dealkylation sites (N-methyl/N-ethyl adjacent to an activating group) is 1. The first-order valence-corrected chi connectivity index (χ1v) is 7.11. The third kappa shape index (κ3) is 5.44. The Balaban J connectivity index is 2.89. The molecule has 0 aromatic heterocycles. The van der Waals surface area contributed by atoms with Crippen molar-refractivity contribution in [2.24, 2.45) is 0 Å². The number of hydrogen-bond acceptors (Lipinski definition) is 6. The number of rotatable bonds is 9. The number of nitrogens with zero attached hydrogens (tertiary/aromatic N) is 1. The highest BCUT2D eigenvalue weighted by Crippen LogP contribution is 2.38. The minimum atomic E-state index is -0.246. The number of aryl methyl sites for hydroxylation is 1. The van der Waals surface area contributed by atoms with Crippen molar-refractivity contribution in [2.45, 2.75) is 12.8 Å². The van der Waals surface area contributed by atoms with E-state index >= 15 is 0 Å². The maximum absolute atomic E-state index is 11.3. The van der Waals surface area contributed by atoms with Crippen LogP contribution in [0.15, 0.2) is 12.1 Å². The topological polar surface area (TPSA) is 57.2 Å². The van der Waals surface area contributed by atoms with Gasteiger partial charge in [0.1, 0.15) is 6.61 Å². The molecule has 124 valence electrons. The molecule has 0 aliphatic carbocycles. The normalized spacial score (nSPS) is 10.5. The van der Waals surface area contributed by atoms with Gasteiger partial charge in [0.15, 0.2) is 11.5 Å². The van der Waals surface area contributed by atoms with Crippen molar-refractivity contribution in [3.63, 3.8) is 0 Å². The highest BCUT2D eigenvalue weighted by atomic mass is 16.5. The number of carbonyl (C=O) groups is 1. The molecule has 1 aromatic rings. The lowest BCUT2D eigenvalue weighted by Crippen LogP contribution is -2.19. The second-order valence-electron chi connectivity index (χ2n) is 5.06. The summed E-state index contributed by atoms with van der Waals surface area (Å²) in [6, 6.07) is 3.72. The molecule has 0 saturated heterocycles. The summed E-state index contributed by atoms with van der Waals surface area (Å²) < 4.78 is 21.2. The van der Waals surface area contributed by atoms with Crippen molar-refractivity contribution in [1.82, 2.24) is 4.90 Å². The fourth-order valence-corrected chi connectivity index (χ4v) is 1.90. The molecule has 1 aromatic carbocycles. The summed E-state index contributed by atoms with van der Waals surface area (Å²) in [4.78, 5) is 13.3. The fourth-order valence-electron chi connectivity index (χ4n) is 1.90. The molecule has 6 nitrogen and oxygen atoms in total. The van der Waals surface area contributed by atoms with E-state index in [2.05, 4.69) is 4.74 Å². The molecule has 0 N–H and O–H groups in total. The van der Waals surface area contributed by atoms with E-state index in [0.29, 0.717) is 36.7 Å². The van der Waals surface area contributed by atoms with Gasteiger partial charge in [-0.2, -0.15) is 0 Å². The average Bonchev–Trinajstić information content (AvgIpc) is 2.52. The SMILES string of the molecule is COC(=O)CCc1cc(OC)c(OCCN(C)C)c(OC)c1. The van der Waals surface area contributed by atoms with Gasteiger partial charge in [-0.1, -0.05) is 0 Å². The van der Waals surface area contributed by atoms with E-state index in [1.54, 1.807) is 14.2 Å². The Bertz CT molecular complexity index is 462. The van der Waals surface area contributed by atoms with Gasteiger partial charge in [0.05, 0.1) is 21.3 Å². The van der Waals surface area contributed by atoms with Crippen LogP contribution in [-0.2, 0) is 16.0 Å². The zero-order valence-corrected chi connectivity index (χ0v) is 14.0. The van der Waals surface area contributed by atoms with Crippen LogP contribution in [0.25, 0.3) is 0 Å². The molecule has 0 bridgehead atoms. The summed E-state index contributed by atoms with van der Waals surface area (Å²) >= 11 is 0. The Hall–Kier alpha value is -1.95. The second-order valence-corrected chi connectivity index (χ2v) is 5.06. The zero-order chi connectivity index (χ0) is 16.5. The van der Waals surface area contributed by atoms with E-state index in [4.69, 9.17) is 14.2 Å². The van der Waals surface area contributed by atoms with Gasteiger partial charge in [-0.3, -0.25) is 4.79 Å². The first-order valence-electron chi connectivity index (χ1n) is 7.11. The van der Waals surface area contributed by atoms with Crippen LogP contribution in [0.2, 0.25) is 0 Å². The van der Waals surface area contributed by atoms with Gasteiger partial charge in [-0.05, 0) is 38.2 Å². The van der Waals surface area contributed by atoms with Crippen molar-refractivity contribution in [2.75, 3.05) is 48.6 Å². The summed E-state index contributed by atoms with van der Waals surface area (Å²) in [5.74, 6) is 1.52. The van der Waals surface area contributed by atoms with Gasteiger partial charge in [0, 0.05) is 13.0 Å². The van der Waals surface area contributed by atoms with Gasteiger partial charge >= 0.3 is 5.97 Å². The Morgan fingerprint density at radius 2 is 1.68 bits per heavy atom. The molecular weight excluding hydrogens is 286 g/mol. The van der Waals surface area contributed by atoms with Crippen LogP contribution in [0.4, 0.5) is 0 Å². The molecule has 0 atom stereocenters. The Labute approximate surface area is 131 Å². The summed E-state index contributed by atoms with van der Waals surface area (Å²) in [6.07, 6.45) is 0.862. The van der Waals surface area contributed by atoms with Crippen LogP contribution < -0.4 is 14.2 Å². The number of esters is 1. The molecule has 0 amide bonds. The smallest absolute Gasteiger partial charge is 0.305 e. The largest absolute Gasteiger partial charge is 0.493 e. The molecular formula is C16H25NO5. The van der Waals surface area contributed by atoms with E-state index in [1.807, 2.05) is 31.1 Å². The molecule has 6 heteroatoms. The predicted molar refractivity (Wildman–Crippen MR) is 83.9 cm³/mol. The van der Waals surface area contributed by atoms with Crippen molar-refractivity contribution in [1.29, 1.82) is 0 Å². The van der Waals surface area contributed by atoms with E-state index in [9.17, 15) is 4.79 Å². The predicted octanol–water partition coefficient (Wildman–Crippen LogP) is 1.75. The van der Waals surface area contributed by atoms with Gasteiger partial charge in [0.2, 0.25) is 5.75 Å². The Morgan fingerprint density at radius 3 is 2.14 bits per heavy atom. The molecule has 22 heavy (non-hydrogen) atoms. The van der Waals surface area contributed by atoms with Crippen LogP contribution in [-0.4, -0.2) is 59.4 Å². The number of benzene rings is 1. The zero-order valence-electron chi connectivity index (χ0n) is 14.0. The molecule has 0 fully saturated rings. The summed E-state index contributed by atoms with van der Waals surface area (Å²) in [5, 5.41) is 0. The number of methoxy groups -OCH3 is 3. The monoisotopic (exact) mass is 311 g/mol. The standard InChI is InChI=1S/C16H25NO5/c1-17(2)8-9-22-16-13(19-3)10-12(11-14(16)20-4)6-7-15(18)21-5/h10-11H,6-9H2,1-5H3. The maximum atomic E-state index is 11.3. The highest BCUT2D eigenvalue weighted by molar-refractivity contribution is 5.69. The van der Waals surface area contributed by atoms with Crippen LogP contribution in [0.3, 0.4) is 0 Å². The third-order valence-electron chi connectivity index (χ3n) is 3.15. The van der Waals surface area contributed by atoms with E-state index in [-0.39, 0.29) is 5.97 Å². The van der Waals surface area contributed by atoms with Crippen molar-refractivity contribution in [3.05, 3.63) is 17.7 Å². The summed E-state index contributed by atoms with van der Waals surface area (Å²) in [7, 11) is 8.50. The minimum absolute atomic E-state index is 0.246. The first-order chi connectivity index (χ1) is 10.5. The lowest BCUT2D eigenvalue weighted by atomic mass is 10.1. The molecule has 0 aliphatic heterocycles. The molecule has 0 unspecified atom stereocenters. The van der Waals surface area contributed by atoms with Crippen LogP contribution >= 0.6 is 0 Å². The van der Waals surface area contributed by atoms with Crippen LogP contribution in [0.1, 0.15) is 12.0 Å². The third-order valence-corrected chi connectivity index (χ3v) is 3.15. The lowest BCUT2D eigenvalue weighted by molar-refractivity contribution is -0.140. The number of carbonyl (C=O) groups excluding carboxylic acids is 1. The molecule has 0 saturated carbocycles. The molecule has 0 spiro atoms. The Morgan fingerprint density at radius 1 is 1.09 bits per heavy atom. The molecule has 0 aliphatic rings. The number of ether oxygens (including phenoxy) is 4. The van der Waals surface area contributed by atoms with E-state index in [0.717, 1.165) is 12.1 Å². The van der Waals surface area contributed by atoms with E-state index < -0.39 is 0 Å². The van der Waals surface area contributed by atoms with Crippen molar-refractivity contribution >= 4 is 5.97 Å². The molecule has 0 heterocycles. The Kier molecular flexibility index (Phi) is 7.52. The quantitative estimate of drug-likeness (QED) is 0.648. The fraction of sp³-hybridized carbons (Fsp3) is 0.562. The summed E-state index contributed by atoms with van der Waals surface area (Å²) in [6.45, 7) is 1.32.